The van der Waals surface area contributed by atoms with Crippen molar-refractivity contribution >= 4 is 39.6 Å². The van der Waals surface area contributed by atoms with E-state index < -0.39 is 10.1 Å². The fourth-order valence-electron chi connectivity index (χ4n) is 1.67. The van der Waals surface area contributed by atoms with E-state index in [2.05, 4.69) is 0 Å². The standard InChI is InChI=1S/C14H12ClNO3S/c15-12-6-2-10(3-7-12)1-4-11-5-8-13(16)9-14(11)20(17,18)19/h1-9H,16H2,(H,17,18,19)/b4-1+. The highest BCUT2D eigenvalue weighted by molar-refractivity contribution is 7.86. The number of hydrogen-bond acceptors (Lipinski definition) is 3. The lowest BCUT2D eigenvalue weighted by molar-refractivity contribution is 0.483. The van der Waals surface area contributed by atoms with E-state index in [-0.39, 0.29) is 10.6 Å². The Hall–Kier alpha value is -1.82. The number of nitrogen functional groups attached to an aromatic ring is 1. The minimum absolute atomic E-state index is 0.220. The molecular weight excluding hydrogens is 298 g/mol. The maximum Gasteiger partial charge on any atom is 0.295 e. The molecule has 104 valence electrons. The van der Waals surface area contributed by atoms with Crippen molar-refractivity contribution in [2.75, 3.05) is 5.73 Å². The first-order valence-corrected chi connectivity index (χ1v) is 7.49. The second-order valence-electron chi connectivity index (χ2n) is 4.16. The van der Waals surface area contributed by atoms with E-state index in [1.807, 2.05) is 0 Å². The topological polar surface area (TPSA) is 80.4 Å². The van der Waals surface area contributed by atoms with Crippen LogP contribution in [0.25, 0.3) is 12.2 Å². The van der Waals surface area contributed by atoms with Gasteiger partial charge in [0.25, 0.3) is 10.1 Å². The zero-order valence-electron chi connectivity index (χ0n) is 10.3. The van der Waals surface area contributed by atoms with Gasteiger partial charge in [0.2, 0.25) is 0 Å². The molecule has 0 unspecified atom stereocenters. The molecule has 4 nitrogen and oxygen atoms in total. The minimum atomic E-state index is -4.32. The van der Waals surface area contributed by atoms with Crippen molar-refractivity contribution in [2.24, 2.45) is 0 Å². The highest BCUT2D eigenvalue weighted by Gasteiger charge is 2.14. The average Bonchev–Trinajstić information content (AvgIpc) is 2.38. The number of anilines is 1. The Kier molecular flexibility index (Phi) is 4.13. The Morgan fingerprint density at radius 2 is 1.70 bits per heavy atom. The SMILES string of the molecule is Nc1ccc(/C=C/c2ccc(Cl)cc2)c(S(=O)(=O)O)c1. The first-order chi connectivity index (χ1) is 9.36. The monoisotopic (exact) mass is 309 g/mol. The first kappa shape index (κ1) is 14.6. The van der Waals surface area contributed by atoms with Crippen LogP contribution in [0.4, 0.5) is 5.69 Å². The van der Waals surface area contributed by atoms with Crippen molar-refractivity contribution in [3.05, 3.63) is 58.6 Å². The summed E-state index contributed by atoms with van der Waals surface area (Å²) >= 11 is 5.78. The van der Waals surface area contributed by atoms with Gasteiger partial charge in [0.05, 0.1) is 0 Å². The summed E-state index contributed by atoms with van der Waals surface area (Å²) in [5.41, 5.74) is 7.01. The highest BCUT2D eigenvalue weighted by Crippen LogP contribution is 2.21. The fourth-order valence-corrected chi connectivity index (χ4v) is 2.52. The van der Waals surface area contributed by atoms with Gasteiger partial charge in [0, 0.05) is 10.7 Å². The minimum Gasteiger partial charge on any atom is -0.399 e. The summed E-state index contributed by atoms with van der Waals surface area (Å²) in [7, 11) is -4.32. The van der Waals surface area contributed by atoms with Gasteiger partial charge in [-0.2, -0.15) is 8.42 Å². The van der Waals surface area contributed by atoms with Crippen LogP contribution >= 0.6 is 11.6 Å². The summed E-state index contributed by atoms with van der Waals surface area (Å²) in [4.78, 5) is -0.220. The van der Waals surface area contributed by atoms with Gasteiger partial charge in [-0.3, -0.25) is 4.55 Å². The largest absolute Gasteiger partial charge is 0.399 e. The molecule has 0 aliphatic carbocycles. The lowest BCUT2D eigenvalue weighted by Gasteiger charge is -2.04. The molecule has 0 amide bonds. The van der Waals surface area contributed by atoms with E-state index in [4.69, 9.17) is 17.3 Å². The molecule has 20 heavy (non-hydrogen) atoms. The van der Waals surface area contributed by atoms with Gasteiger partial charge in [-0.1, -0.05) is 42.0 Å². The molecule has 0 bridgehead atoms. The summed E-state index contributed by atoms with van der Waals surface area (Å²) < 4.78 is 31.8. The van der Waals surface area contributed by atoms with Gasteiger partial charge in [-0.05, 0) is 35.4 Å². The van der Waals surface area contributed by atoms with Crippen LogP contribution in [0.3, 0.4) is 0 Å². The normalized spacial score (nSPS) is 11.9. The maximum absolute atomic E-state index is 11.3. The predicted molar refractivity (Wildman–Crippen MR) is 81.0 cm³/mol. The van der Waals surface area contributed by atoms with Crippen molar-refractivity contribution in [1.82, 2.24) is 0 Å². The van der Waals surface area contributed by atoms with Crippen LogP contribution in [0, 0.1) is 0 Å². The molecule has 0 heterocycles. The van der Waals surface area contributed by atoms with E-state index in [9.17, 15) is 13.0 Å². The van der Waals surface area contributed by atoms with Crippen molar-refractivity contribution in [1.29, 1.82) is 0 Å². The van der Waals surface area contributed by atoms with Crippen molar-refractivity contribution in [2.45, 2.75) is 4.90 Å². The molecule has 0 atom stereocenters. The van der Waals surface area contributed by atoms with Crippen LogP contribution in [-0.2, 0) is 10.1 Å². The zero-order valence-corrected chi connectivity index (χ0v) is 11.9. The summed E-state index contributed by atoms with van der Waals surface area (Å²) in [5, 5.41) is 0.619. The van der Waals surface area contributed by atoms with Crippen LogP contribution < -0.4 is 5.73 Å². The molecule has 2 aromatic rings. The second-order valence-corrected chi connectivity index (χ2v) is 5.98. The molecule has 0 saturated heterocycles. The number of rotatable bonds is 3. The number of hydrogen-bond donors (Lipinski definition) is 2. The Morgan fingerprint density at radius 1 is 1.05 bits per heavy atom. The molecule has 2 aromatic carbocycles. The summed E-state index contributed by atoms with van der Waals surface area (Å²) in [6.45, 7) is 0. The summed E-state index contributed by atoms with van der Waals surface area (Å²) in [5.74, 6) is 0. The molecule has 0 aliphatic heterocycles. The second kappa shape index (κ2) is 5.66. The Balaban J connectivity index is 2.41. The van der Waals surface area contributed by atoms with E-state index in [0.717, 1.165) is 5.56 Å². The lowest BCUT2D eigenvalue weighted by atomic mass is 10.1. The smallest absolute Gasteiger partial charge is 0.295 e. The van der Waals surface area contributed by atoms with Gasteiger partial charge in [0.1, 0.15) is 4.90 Å². The number of halogens is 1. The van der Waals surface area contributed by atoms with Crippen LogP contribution in [0.2, 0.25) is 5.02 Å². The molecule has 0 aliphatic rings. The molecule has 2 rings (SSSR count). The number of benzene rings is 2. The molecule has 0 radical (unpaired) electrons. The van der Waals surface area contributed by atoms with E-state index in [1.165, 1.54) is 12.1 Å². The third-order valence-corrected chi connectivity index (χ3v) is 3.80. The van der Waals surface area contributed by atoms with Gasteiger partial charge in [-0.25, -0.2) is 0 Å². The molecule has 0 saturated carbocycles. The number of nitrogens with two attached hydrogens (primary N) is 1. The van der Waals surface area contributed by atoms with Gasteiger partial charge < -0.3 is 5.73 Å². The molecule has 0 spiro atoms. The van der Waals surface area contributed by atoms with Crippen molar-refractivity contribution < 1.29 is 13.0 Å². The molecular formula is C14H12ClNO3S. The quantitative estimate of drug-likeness (QED) is 0.517. The molecule has 6 heteroatoms. The van der Waals surface area contributed by atoms with E-state index >= 15 is 0 Å². The third kappa shape index (κ3) is 3.60. The Morgan fingerprint density at radius 3 is 2.30 bits per heavy atom. The highest BCUT2D eigenvalue weighted by atomic mass is 35.5. The predicted octanol–water partition coefficient (Wildman–Crippen LogP) is 3.34. The van der Waals surface area contributed by atoms with Crippen molar-refractivity contribution in [3.8, 4) is 0 Å². The lowest BCUT2D eigenvalue weighted by Crippen LogP contribution is -2.02. The van der Waals surface area contributed by atoms with Gasteiger partial charge in [0.15, 0.2) is 0 Å². The van der Waals surface area contributed by atoms with Crippen LogP contribution in [0.1, 0.15) is 11.1 Å². The van der Waals surface area contributed by atoms with Crippen LogP contribution in [-0.4, -0.2) is 13.0 Å². The molecule has 0 fully saturated rings. The zero-order chi connectivity index (χ0) is 14.8. The molecule has 3 N–H and O–H groups in total. The summed E-state index contributed by atoms with van der Waals surface area (Å²) in [6, 6.07) is 11.4. The maximum atomic E-state index is 11.3. The third-order valence-electron chi connectivity index (χ3n) is 2.64. The first-order valence-electron chi connectivity index (χ1n) is 5.67. The van der Waals surface area contributed by atoms with E-state index in [1.54, 1.807) is 42.5 Å². The van der Waals surface area contributed by atoms with Crippen LogP contribution in [0.15, 0.2) is 47.4 Å². The molecule has 0 aromatic heterocycles. The van der Waals surface area contributed by atoms with Gasteiger partial charge >= 0.3 is 0 Å². The summed E-state index contributed by atoms with van der Waals surface area (Å²) in [6.07, 6.45) is 3.31. The van der Waals surface area contributed by atoms with Gasteiger partial charge in [-0.15, -0.1) is 0 Å². The Labute approximate surface area is 122 Å². The fraction of sp³-hybridized carbons (Fsp3) is 0. The van der Waals surface area contributed by atoms with Crippen LogP contribution in [0.5, 0.6) is 0 Å². The van der Waals surface area contributed by atoms with Crippen molar-refractivity contribution in [3.63, 3.8) is 0 Å². The van der Waals surface area contributed by atoms with E-state index in [0.29, 0.717) is 10.6 Å². The average molecular weight is 310 g/mol. The Bertz CT molecular complexity index is 752.